The molecule has 11 rings (SSSR count). The Balaban J connectivity index is 0.945. The fourth-order valence-electron chi connectivity index (χ4n) is 8.57. The molecule has 0 spiro atoms. The molecule has 1 aromatic heterocycles. The molecule has 1 heterocycles. The minimum Gasteiger partial charge on any atom is -0.228 e. The first-order valence-corrected chi connectivity index (χ1v) is 18.3. The smallest absolute Gasteiger partial charge is 0.160 e. The minimum atomic E-state index is 0.730. The summed E-state index contributed by atoms with van der Waals surface area (Å²) in [7, 11) is 0. The average Bonchev–Trinajstić information content (AvgIpc) is 3.62. The van der Waals surface area contributed by atoms with E-state index in [4.69, 9.17) is 9.97 Å². The van der Waals surface area contributed by atoms with E-state index in [9.17, 15) is 0 Å². The summed E-state index contributed by atoms with van der Waals surface area (Å²) in [5.41, 5.74) is 14.3. The van der Waals surface area contributed by atoms with Gasteiger partial charge in [-0.2, -0.15) is 0 Å². The largest absolute Gasteiger partial charge is 0.228 e. The number of hydrogen-bond acceptors (Lipinski definition) is 2. The van der Waals surface area contributed by atoms with Crippen LogP contribution in [0.25, 0.3) is 99.2 Å². The highest BCUT2D eigenvalue weighted by Gasteiger charge is 2.23. The zero-order valence-corrected chi connectivity index (χ0v) is 28.9. The Labute approximate surface area is 307 Å². The van der Waals surface area contributed by atoms with Crippen molar-refractivity contribution in [3.63, 3.8) is 0 Å². The van der Waals surface area contributed by atoms with Crippen molar-refractivity contribution in [2.75, 3.05) is 0 Å². The van der Waals surface area contributed by atoms with Gasteiger partial charge < -0.3 is 0 Å². The van der Waals surface area contributed by atoms with Gasteiger partial charge in [-0.05, 0) is 89.3 Å². The van der Waals surface area contributed by atoms with Crippen molar-refractivity contribution < 1.29 is 0 Å². The molecule has 9 aromatic carbocycles. The van der Waals surface area contributed by atoms with Crippen molar-refractivity contribution in [3.8, 4) is 56.0 Å². The van der Waals surface area contributed by atoms with Crippen LogP contribution < -0.4 is 0 Å². The lowest BCUT2D eigenvalue weighted by Crippen LogP contribution is -1.95. The number of rotatable bonds is 4. The second kappa shape index (κ2) is 11.8. The Kier molecular flexibility index (Phi) is 6.65. The quantitative estimate of drug-likeness (QED) is 0.174. The molecular weight excluding hydrogens is 641 g/mol. The molecule has 0 aliphatic heterocycles. The Morgan fingerprint density at radius 1 is 0.340 bits per heavy atom. The highest BCUT2D eigenvalue weighted by Crippen LogP contribution is 2.46. The van der Waals surface area contributed by atoms with Gasteiger partial charge >= 0.3 is 0 Å². The molecule has 10 aromatic rings. The molecule has 53 heavy (non-hydrogen) atoms. The first-order valence-electron chi connectivity index (χ1n) is 18.3. The fourth-order valence-corrected chi connectivity index (χ4v) is 8.57. The third-order valence-electron chi connectivity index (χ3n) is 11.1. The van der Waals surface area contributed by atoms with Crippen LogP contribution in [0.5, 0.6) is 0 Å². The molecule has 1 aliphatic carbocycles. The number of nitrogens with zero attached hydrogens (tertiary/aromatic N) is 2. The maximum Gasteiger partial charge on any atom is 0.160 e. The van der Waals surface area contributed by atoms with Gasteiger partial charge in [0.25, 0.3) is 0 Å². The van der Waals surface area contributed by atoms with Crippen LogP contribution in [0.4, 0.5) is 0 Å². The van der Waals surface area contributed by atoms with Crippen molar-refractivity contribution in [2.45, 2.75) is 6.42 Å². The van der Waals surface area contributed by atoms with E-state index in [2.05, 4.69) is 170 Å². The maximum atomic E-state index is 5.17. The van der Waals surface area contributed by atoms with E-state index in [0.717, 1.165) is 40.0 Å². The summed E-state index contributed by atoms with van der Waals surface area (Å²) in [6.07, 6.45) is 0.927. The van der Waals surface area contributed by atoms with Gasteiger partial charge in [-0.1, -0.05) is 176 Å². The lowest BCUT2D eigenvalue weighted by Gasteiger charge is -2.13. The highest BCUT2D eigenvalue weighted by atomic mass is 14.9. The van der Waals surface area contributed by atoms with Crippen LogP contribution in [0.15, 0.2) is 182 Å². The molecule has 0 N–H and O–H groups in total. The van der Waals surface area contributed by atoms with Gasteiger partial charge in [-0.25, -0.2) is 9.97 Å². The van der Waals surface area contributed by atoms with Gasteiger partial charge in [0.15, 0.2) is 5.82 Å². The molecular formula is C51H32N2. The van der Waals surface area contributed by atoms with Crippen LogP contribution in [-0.2, 0) is 6.42 Å². The third kappa shape index (κ3) is 4.80. The lowest BCUT2D eigenvalue weighted by atomic mass is 9.90. The fraction of sp³-hybridized carbons (Fsp3) is 0.0196. The average molecular weight is 673 g/mol. The van der Waals surface area contributed by atoms with Gasteiger partial charge in [0.1, 0.15) is 0 Å². The van der Waals surface area contributed by atoms with Gasteiger partial charge in [0.05, 0.1) is 11.2 Å². The molecule has 0 saturated heterocycles. The molecule has 2 heteroatoms. The molecule has 0 atom stereocenters. The third-order valence-corrected chi connectivity index (χ3v) is 11.1. The van der Waals surface area contributed by atoms with Crippen molar-refractivity contribution in [1.29, 1.82) is 0 Å². The Bertz CT molecular complexity index is 3020. The van der Waals surface area contributed by atoms with Gasteiger partial charge in [0, 0.05) is 16.5 Å². The van der Waals surface area contributed by atoms with Crippen LogP contribution in [0.3, 0.4) is 0 Å². The van der Waals surface area contributed by atoms with Gasteiger partial charge in [-0.15, -0.1) is 0 Å². The van der Waals surface area contributed by atoms with E-state index in [-0.39, 0.29) is 0 Å². The Morgan fingerprint density at radius 2 is 0.849 bits per heavy atom. The number of hydrogen-bond donors (Lipinski definition) is 0. The van der Waals surface area contributed by atoms with E-state index >= 15 is 0 Å². The zero-order chi connectivity index (χ0) is 34.9. The SMILES string of the molecule is c1ccc(-c2ccc(-c3nc(-c4ccc(-c5ccc6c(c5)Cc5c-6ccc6c7ccccc7c7ccccc7c56)cc4)nc4ccccc34)cc2)cc1. The van der Waals surface area contributed by atoms with Crippen molar-refractivity contribution >= 4 is 43.2 Å². The second-order valence-corrected chi connectivity index (χ2v) is 14.1. The number of para-hydroxylation sites is 1. The standard InChI is InChI=1S/C51H32N2/c1-2-10-32(11-3-1)33-18-22-35(23-19-33)50-46-16-8-9-17-48(46)52-51(53-50)36-24-20-34(21-25-36)37-26-27-39-38(30-37)31-47-43(39)28-29-45-42-14-5-4-12-40(42)41-13-6-7-15-44(41)49(45)47/h1-30H,31H2. The molecule has 0 bridgehead atoms. The molecule has 1 aliphatic rings. The summed E-state index contributed by atoms with van der Waals surface area (Å²) in [5.74, 6) is 0.730. The molecule has 246 valence electrons. The van der Waals surface area contributed by atoms with Crippen LogP contribution in [0.1, 0.15) is 11.1 Å². The summed E-state index contributed by atoms with van der Waals surface area (Å²) in [6.45, 7) is 0. The maximum absolute atomic E-state index is 5.17. The normalized spacial score (nSPS) is 12.1. The topological polar surface area (TPSA) is 25.8 Å². The minimum absolute atomic E-state index is 0.730. The van der Waals surface area contributed by atoms with Crippen LogP contribution in [-0.4, -0.2) is 9.97 Å². The first-order chi connectivity index (χ1) is 26.3. The van der Waals surface area contributed by atoms with Crippen LogP contribution in [0.2, 0.25) is 0 Å². The summed E-state index contributed by atoms with van der Waals surface area (Å²) < 4.78 is 0. The molecule has 2 nitrogen and oxygen atoms in total. The van der Waals surface area contributed by atoms with Crippen molar-refractivity contribution in [2.24, 2.45) is 0 Å². The Morgan fingerprint density at radius 3 is 1.58 bits per heavy atom. The molecule has 0 fully saturated rings. The van der Waals surface area contributed by atoms with E-state index < -0.39 is 0 Å². The molecule has 0 saturated carbocycles. The molecule has 0 radical (unpaired) electrons. The van der Waals surface area contributed by atoms with E-state index in [1.54, 1.807) is 0 Å². The van der Waals surface area contributed by atoms with Crippen LogP contribution >= 0.6 is 0 Å². The summed E-state index contributed by atoms with van der Waals surface area (Å²) in [6, 6.07) is 65.6. The predicted octanol–water partition coefficient (Wildman–Crippen LogP) is 13.3. The van der Waals surface area contributed by atoms with Crippen molar-refractivity contribution in [1.82, 2.24) is 9.97 Å². The first kappa shape index (κ1) is 29.8. The number of benzene rings is 9. The summed E-state index contributed by atoms with van der Waals surface area (Å²) in [5, 5.41) is 9.08. The van der Waals surface area contributed by atoms with E-state index in [1.807, 2.05) is 12.1 Å². The van der Waals surface area contributed by atoms with Crippen molar-refractivity contribution in [3.05, 3.63) is 193 Å². The summed E-state index contributed by atoms with van der Waals surface area (Å²) in [4.78, 5) is 10.2. The Hall–Kier alpha value is -6.90. The van der Waals surface area contributed by atoms with Gasteiger partial charge in [-0.3, -0.25) is 0 Å². The van der Waals surface area contributed by atoms with E-state index in [0.29, 0.717) is 0 Å². The second-order valence-electron chi connectivity index (χ2n) is 14.1. The van der Waals surface area contributed by atoms with E-state index in [1.165, 1.54) is 76.8 Å². The van der Waals surface area contributed by atoms with Gasteiger partial charge in [0.2, 0.25) is 0 Å². The van der Waals surface area contributed by atoms with Crippen LogP contribution in [0, 0.1) is 0 Å². The highest BCUT2D eigenvalue weighted by molar-refractivity contribution is 6.27. The zero-order valence-electron chi connectivity index (χ0n) is 28.9. The molecule has 0 unspecified atom stereocenters. The lowest BCUT2D eigenvalue weighted by molar-refractivity contribution is 1.23. The monoisotopic (exact) mass is 672 g/mol. The predicted molar refractivity (Wildman–Crippen MR) is 222 cm³/mol. The summed E-state index contributed by atoms with van der Waals surface area (Å²) >= 11 is 0. The molecule has 0 amide bonds. The number of aromatic nitrogens is 2. The number of fused-ring (bicyclic) bond motifs is 11.